The predicted molar refractivity (Wildman–Crippen MR) is 111 cm³/mol. The van der Waals surface area contributed by atoms with E-state index in [0.717, 1.165) is 47.5 Å². The van der Waals surface area contributed by atoms with E-state index in [1.165, 1.54) is 10.4 Å². The normalized spacial score (nSPS) is 21.6. The van der Waals surface area contributed by atoms with Crippen molar-refractivity contribution in [3.63, 3.8) is 0 Å². The van der Waals surface area contributed by atoms with E-state index in [1.807, 2.05) is 13.0 Å². The maximum atomic E-state index is 12.2. The zero-order valence-corrected chi connectivity index (χ0v) is 16.5. The molecule has 6 heteroatoms. The van der Waals surface area contributed by atoms with Crippen LogP contribution in [0.5, 0.6) is 0 Å². The monoisotopic (exact) mass is 385 g/mol. The van der Waals surface area contributed by atoms with Crippen LogP contribution in [0.25, 0.3) is 20.7 Å². The van der Waals surface area contributed by atoms with Crippen LogP contribution in [0.3, 0.4) is 0 Å². The summed E-state index contributed by atoms with van der Waals surface area (Å²) in [4.78, 5) is 11.2. The van der Waals surface area contributed by atoms with Gasteiger partial charge in [-0.2, -0.15) is 0 Å². The first-order valence-corrected chi connectivity index (χ1v) is 11.4. The number of thiophene rings is 1. The number of fused-ring (bicyclic) bond motifs is 1. The minimum absolute atomic E-state index is 0.311. The zero-order chi connectivity index (χ0) is 17.9. The molecule has 2 aromatic heterocycles. The van der Waals surface area contributed by atoms with Crippen LogP contribution >= 0.6 is 11.3 Å². The van der Waals surface area contributed by atoms with Gasteiger partial charge in [-0.25, -0.2) is 9.97 Å². The van der Waals surface area contributed by atoms with Gasteiger partial charge >= 0.3 is 0 Å². The quantitative estimate of drug-likeness (QED) is 0.682. The van der Waals surface area contributed by atoms with Crippen LogP contribution in [-0.2, 0) is 10.8 Å². The van der Waals surface area contributed by atoms with Crippen molar-refractivity contribution in [2.45, 2.75) is 43.9 Å². The lowest BCUT2D eigenvalue weighted by molar-refractivity contribution is 0.464. The van der Waals surface area contributed by atoms with Crippen molar-refractivity contribution in [2.75, 3.05) is 11.1 Å². The van der Waals surface area contributed by atoms with E-state index in [1.54, 1.807) is 17.7 Å². The maximum Gasteiger partial charge on any atom is 0.138 e. The molecule has 1 aliphatic carbocycles. The molecule has 0 aliphatic heterocycles. The van der Waals surface area contributed by atoms with Gasteiger partial charge < -0.3 is 5.32 Å². The average Bonchev–Trinajstić information content (AvgIpc) is 3.14. The Morgan fingerprint density at radius 1 is 1.23 bits per heavy atom. The molecule has 1 fully saturated rings. The average molecular weight is 386 g/mol. The minimum Gasteiger partial charge on any atom is -0.367 e. The van der Waals surface area contributed by atoms with Crippen molar-refractivity contribution < 1.29 is 4.21 Å². The van der Waals surface area contributed by atoms with Gasteiger partial charge in [0.2, 0.25) is 0 Å². The molecule has 3 unspecified atom stereocenters. The molecule has 1 saturated carbocycles. The molecule has 0 saturated heterocycles. The maximum absolute atomic E-state index is 12.2. The fourth-order valence-electron chi connectivity index (χ4n) is 3.66. The summed E-state index contributed by atoms with van der Waals surface area (Å²) < 4.78 is 12.2. The molecule has 2 heterocycles. The summed E-state index contributed by atoms with van der Waals surface area (Å²) in [6, 6.07) is 12.9. The van der Waals surface area contributed by atoms with Gasteiger partial charge in [0.1, 0.15) is 17.0 Å². The molecule has 1 aromatic carbocycles. The van der Waals surface area contributed by atoms with Gasteiger partial charge in [-0.1, -0.05) is 43.7 Å². The molecule has 3 atom stereocenters. The van der Waals surface area contributed by atoms with E-state index < -0.39 is 10.8 Å². The predicted octanol–water partition coefficient (Wildman–Crippen LogP) is 4.85. The second-order valence-corrected chi connectivity index (χ2v) is 9.75. The summed E-state index contributed by atoms with van der Waals surface area (Å²) in [7, 11) is -0.711. The van der Waals surface area contributed by atoms with Crippen LogP contribution in [0.2, 0.25) is 0 Å². The number of hydrogen-bond donors (Lipinski definition) is 1. The number of aromatic nitrogens is 2. The highest BCUT2D eigenvalue weighted by molar-refractivity contribution is 7.85. The van der Waals surface area contributed by atoms with Crippen LogP contribution in [0, 0.1) is 0 Å². The Kier molecular flexibility index (Phi) is 5.31. The highest BCUT2D eigenvalue weighted by Crippen LogP contribution is 2.35. The molecule has 4 rings (SSSR count). The summed E-state index contributed by atoms with van der Waals surface area (Å²) in [5, 5.41) is 5.01. The van der Waals surface area contributed by atoms with Crippen molar-refractivity contribution >= 4 is 38.2 Å². The number of benzene rings is 1. The van der Waals surface area contributed by atoms with Gasteiger partial charge in [0.05, 0.1) is 5.39 Å². The second kappa shape index (κ2) is 7.84. The standard InChI is InChI=1S/C20H23N3OS2/c1-2-26(24)16-10-6-9-15(11-16)23-19-17-12-18(14-7-4-3-5-8-14)25-20(17)22-13-21-19/h3-5,7-8,12-13,15-16H,2,6,9-11H2,1H3,(H,21,22,23). The first-order valence-electron chi connectivity index (χ1n) is 9.18. The first kappa shape index (κ1) is 17.6. The van der Waals surface area contributed by atoms with Crippen LogP contribution < -0.4 is 5.32 Å². The molecule has 26 heavy (non-hydrogen) atoms. The number of rotatable bonds is 5. The molecular weight excluding hydrogens is 362 g/mol. The molecule has 0 spiro atoms. The Bertz CT molecular complexity index is 910. The Hall–Kier alpha value is -1.79. The lowest BCUT2D eigenvalue weighted by Gasteiger charge is -2.29. The van der Waals surface area contributed by atoms with Gasteiger partial charge in [-0.15, -0.1) is 11.3 Å². The van der Waals surface area contributed by atoms with Crippen LogP contribution in [0.1, 0.15) is 32.6 Å². The fourth-order valence-corrected chi connectivity index (χ4v) is 6.01. The van der Waals surface area contributed by atoms with Gasteiger partial charge in [0.25, 0.3) is 0 Å². The third-order valence-electron chi connectivity index (χ3n) is 5.01. The van der Waals surface area contributed by atoms with Crippen LogP contribution in [0.4, 0.5) is 5.82 Å². The third kappa shape index (κ3) is 3.67. The van der Waals surface area contributed by atoms with Gasteiger partial charge in [-0.05, 0) is 30.9 Å². The van der Waals surface area contributed by atoms with Gasteiger partial charge in [0, 0.05) is 32.7 Å². The SMILES string of the molecule is CCS(=O)C1CCCC(Nc2ncnc3sc(-c4ccccc4)cc23)C1. The van der Waals surface area contributed by atoms with Crippen molar-refractivity contribution in [1.82, 2.24) is 9.97 Å². The zero-order valence-electron chi connectivity index (χ0n) is 14.9. The molecule has 0 bridgehead atoms. The highest BCUT2D eigenvalue weighted by Gasteiger charge is 2.26. The topological polar surface area (TPSA) is 54.9 Å². The third-order valence-corrected chi connectivity index (χ3v) is 7.84. The fraction of sp³-hybridized carbons (Fsp3) is 0.400. The van der Waals surface area contributed by atoms with E-state index in [-0.39, 0.29) is 0 Å². The van der Waals surface area contributed by atoms with E-state index in [0.29, 0.717) is 11.3 Å². The largest absolute Gasteiger partial charge is 0.367 e. The molecule has 1 N–H and O–H groups in total. The minimum atomic E-state index is -0.711. The second-order valence-electron chi connectivity index (χ2n) is 6.72. The van der Waals surface area contributed by atoms with Crippen molar-refractivity contribution in [3.8, 4) is 10.4 Å². The smallest absolute Gasteiger partial charge is 0.138 e. The van der Waals surface area contributed by atoms with E-state index in [2.05, 4.69) is 45.6 Å². The van der Waals surface area contributed by atoms with E-state index in [4.69, 9.17) is 0 Å². The molecule has 1 aliphatic rings. The number of nitrogens with one attached hydrogen (secondary N) is 1. The summed E-state index contributed by atoms with van der Waals surface area (Å²) in [5.74, 6) is 1.65. The van der Waals surface area contributed by atoms with Crippen LogP contribution in [-0.4, -0.2) is 31.2 Å². The molecule has 0 amide bonds. The summed E-state index contributed by atoms with van der Waals surface area (Å²) in [5.41, 5.74) is 1.21. The Morgan fingerprint density at radius 3 is 2.88 bits per heavy atom. The van der Waals surface area contributed by atoms with E-state index >= 15 is 0 Å². The first-order chi connectivity index (χ1) is 12.7. The van der Waals surface area contributed by atoms with Crippen molar-refractivity contribution in [3.05, 3.63) is 42.7 Å². The molecule has 0 radical (unpaired) electrons. The summed E-state index contributed by atoms with van der Waals surface area (Å²) in [6.07, 6.45) is 5.91. The van der Waals surface area contributed by atoms with Gasteiger partial charge in [0.15, 0.2) is 0 Å². The number of anilines is 1. The summed E-state index contributed by atoms with van der Waals surface area (Å²) in [6.45, 7) is 2.01. The Morgan fingerprint density at radius 2 is 2.08 bits per heavy atom. The number of nitrogens with zero attached hydrogens (tertiary/aromatic N) is 2. The Balaban J connectivity index is 1.59. The lowest BCUT2D eigenvalue weighted by Crippen LogP contribution is -2.33. The number of hydrogen-bond acceptors (Lipinski definition) is 5. The molecular formula is C20H23N3OS2. The van der Waals surface area contributed by atoms with Crippen LogP contribution in [0.15, 0.2) is 42.7 Å². The molecule has 4 nitrogen and oxygen atoms in total. The summed E-state index contributed by atoms with van der Waals surface area (Å²) >= 11 is 1.70. The van der Waals surface area contributed by atoms with Crippen molar-refractivity contribution in [1.29, 1.82) is 0 Å². The molecule has 136 valence electrons. The van der Waals surface area contributed by atoms with Gasteiger partial charge in [-0.3, -0.25) is 4.21 Å². The molecule has 3 aromatic rings. The van der Waals surface area contributed by atoms with E-state index in [9.17, 15) is 4.21 Å². The lowest BCUT2D eigenvalue weighted by atomic mass is 9.95. The van der Waals surface area contributed by atoms with Crippen molar-refractivity contribution in [2.24, 2.45) is 0 Å². The highest BCUT2D eigenvalue weighted by atomic mass is 32.2. The Labute approximate surface area is 160 Å².